The quantitative estimate of drug-likeness (QED) is 0.0892. The van der Waals surface area contributed by atoms with Crippen molar-refractivity contribution >= 4 is 0 Å². The predicted octanol–water partition coefficient (Wildman–Crippen LogP) is 15.0. The van der Waals surface area contributed by atoms with E-state index >= 15 is 0 Å². The molecule has 7 nitrogen and oxygen atoms in total. The van der Waals surface area contributed by atoms with Crippen molar-refractivity contribution in [3.05, 3.63) is 0 Å². The summed E-state index contributed by atoms with van der Waals surface area (Å²) in [4.78, 5) is 0. The fourth-order valence-corrected chi connectivity index (χ4v) is 2.52. The molecule has 0 bridgehead atoms. The van der Waals surface area contributed by atoms with Crippen molar-refractivity contribution in [3.8, 4) is 0 Å². The first kappa shape index (κ1) is 71.6. The molecule has 0 rings (SSSR count). The number of ether oxygens (including phenoxy) is 7. The summed E-state index contributed by atoms with van der Waals surface area (Å²) in [5.41, 5.74) is 0. The molecule has 0 saturated heterocycles. The van der Waals surface area contributed by atoms with Crippen LogP contribution in [0.5, 0.6) is 0 Å². The molecule has 0 unspecified atom stereocenters. The van der Waals surface area contributed by atoms with Crippen molar-refractivity contribution in [1.82, 2.24) is 0 Å². The van der Waals surface area contributed by atoms with E-state index in [9.17, 15) is 149 Å². The molecule has 0 spiro atoms. The molecular weight excluding hydrogens is 1110 g/mol. The zero-order valence-corrected chi connectivity index (χ0v) is 34.9. The summed E-state index contributed by atoms with van der Waals surface area (Å²) < 4.78 is 451. The Labute approximate surface area is 366 Å². The van der Waals surface area contributed by atoms with Crippen LogP contribution in [0.2, 0.25) is 0 Å². The van der Waals surface area contributed by atoms with E-state index in [-0.39, 0.29) is 7.11 Å². The van der Waals surface area contributed by atoms with Gasteiger partial charge in [0.25, 0.3) is 0 Å². The van der Waals surface area contributed by atoms with Gasteiger partial charge in [0.15, 0.2) is 0 Å². The lowest BCUT2D eigenvalue weighted by molar-refractivity contribution is -0.567. The maximum atomic E-state index is 13.1. The Bertz CT molecular complexity index is 1630. The van der Waals surface area contributed by atoms with Gasteiger partial charge in [-0.3, -0.25) is 0 Å². The SMILES string of the molecule is CC(C)C(F)(F)OC(F)(F)C(F)(F)OC(F)(F)C(F)(F)C(C)(F)F.CC(C)C(F)(F)OC(F)(F)C(F)(F)OC(F)(F)C(F)(F)OC(F)(F)C(F)(F)C(C)(F)F.COC(F)(F)C(F)(F)OC(F)(F)C(C)C. The van der Waals surface area contributed by atoms with Crippen LogP contribution >= 0.6 is 0 Å². The molecule has 0 aliphatic carbocycles. The summed E-state index contributed by atoms with van der Waals surface area (Å²) in [6.45, 7) is 1.66. The van der Waals surface area contributed by atoms with Crippen LogP contribution in [0.15, 0.2) is 0 Å². The maximum Gasteiger partial charge on any atom is 0.453 e. The Morgan fingerprint density at radius 2 is 0.371 bits per heavy atom. The minimum atomic E-state index is -7.43. The van der Waals surface area contributed by atoms with Gasteiger partial charge in [-0.1, -0.05) is 41.5 Å². The first-order valence-corrected chi connectivity index (χ1v) is 16.8. The molecule has 0 radical (unpaired) electrons. The monoisotopic (exact) mass is 1140 g/mol. The smallest absolute Gasteiger partial charge is 0.317 e. The van der Waals surface area contributed by atoms with Crippen molar-refractivity contribution in [2.24, 2.45) is 17.8 Å². The lowest BCUT2D eigenvalue weighted by Gasteiger charge is -2.36. The highest BCUT2D eigenvalue weighted by Crippen LogP contribution is 2.55. The van der Waals surface area contributed by atoms with Crippen LogP contribution in [-0.2, 0) is 33.2 Å². The average molecular weight is 1140 g/mol. The summed E-state index contributed by atoms with van der Waals surface area (Å²) in [5.74, 6) is -31.4. The highest BCUT2D eigenvalue weighted by molar-refractivity contribution is 4.91. The average Bonchev–Trinajstić information content (AvgIpc) is 3.04. The molecule has 0 aromatic carbocycles. The third-order valence-corrected chi connectivity index (χ3v) is 7.02. The number of methoxy groups -OCH3 is 1. The molecular formula is C29H30F34O7. The van der Waals surface area contributed by atoms with Crippen LogP contribution < -0.4 is 0 Å². The molecule has 0 atom stereocenters. The highest BCUT2D eigenvalue weighted by Gasteiger charge is 2.80. The van der Waals surface area contributed by atoms with Crippen LogP contribution in [0.3, 0.4) is 0 Å². The van der Waals surface area contributed by atoms with Gasteiger partial charge in [0.05, 0.1) is 0 Å². The fraction of sp³-hybridized carbons (Fsp3) is 1.00. The van der Waals surface area contributed by atoms with Crippen LogP contribution in [0.25, 0.3) is 0 Å². The Morgan fingerprint density at radius 3 is 0.514 bits per heavy atom. The van der Waals surface area contributed by atoms with Crippen molar-refractivity contribution < 1.29 is 182 Å². The number of halogens is 34. The zero-order valence-electron chi connectivity index (χ0n) is 34.9. The van der Waals surface area contributed by atoms with Crippen LogP contribution in [-0.4, -0.2) is 110 Å². The van der Waals surface area contributed by atoms with Gasteiger partial charge < -0.3 is 4.74 Å². The molecule has 41 heteroatoms. The van der Waals surface area contributed by atoms with Gasteiger partial charge in [-0.2, -0.15) is 149 Å². The maximum absolute atomic E-state index is 13.1. The molecule has 0 N–H and O–H groups in total. The van der Waals surface area contributed by atoms with E-state index in [1.165, 1.54) is 0 Å². The van der Waals surface area contributed by atoms with E-state index in [0.29, 0.717) is 27.7 Å². The lowest BCUT2D eigenvalue weighted by atomic mass is 10.2. The summed E-state index contributed by atoms with van der Waals surface area (Å²) in [6.07, 6.45) is -81.4. The van der Waals surface area contributed by atoms with Gasteiger partial charge in [-0.05, 0) is 0 Å². The molecule has 426 valence electrons. The molecule has 0 aliphatic rings. The Kier molecular flexibility index (Phi) is 21.8. The molecule has 0 amide bonds. The predicted molar refractivity (Wildman–Crippen MR) is 153 cm³/mol. The van der Waals surface area contributed by atoms with Crippen LogP contribution in [0.4, 0.5) is 149 Å². The van der Waals surface area contributed by atoms with Crippen LogP contribution in [0, 0.1) is 17.8 Å². The number of hydrogen-bond acceptors (Lipinski definition) is 7. The highest BCUT2D eigenvalue weighted by atomic mass is 19.4. The molecule has 0 aromatic rings. The first-order chi connectivity index (χ1) is 29.6. The van der Waals surface area contributed by atoms with Crippen molar-refractivity contribution in [3.63, 3.8) is 0 Å². The fourth-order valence-electron chi connectivity index (χ4n) is 2.52. The summed E-state index contributed by atoms with van der Waals surface area (Å²) in [7, 11) is 0.255. The summed E-state index contributed by atoms with van der Waals surface area (Å²) >= 11 is 0. The summed E-state index contributed by atoms with van der Waals surface area (Å²) in [6, 6.07) is 0. The van der Waals surface area contributed by atoms with Gasteiger partial charge in [0.2, 0.25) is 0 Å². The van der Waals surface area contributed by atoms with Crippen molar-refractivity contribution in [2.45, 2.75) is 158 Å². The van der Waals surface area contributed by atoms with Gasteiger partial charge in [0, 0.05) is 38.7 Å². The van der Waals surface area contributed by atoms with Crippen molar-refractivity contribution in [2.75, 3.05) is 7.11 Å². The third-order valence-electron chi connectivity index (χ3n) is 7.02. The Balaban J connectivity index is -0.00000102. The molecule has 0 aliphatic heterocycles. The van der Waals surface area contributed by atoms with Crippen molar-refractivity contribution in [1.29, 1.82) is 0 Å². The lowest BCUT2D eigenvalue weighted by Crippen LogP contribution is -2.61. The number of alkyl halides is 34. The standard InChI is InChI=1S/C12H10F16O3.C10H10F12O2.C7H10F6O2/c1-4(2)6(15,16)29-9(21,22)10(23,24)31-12(27,28)11(25,26)30-8(19,20)7(17,18)5(3,13)14;1-4(2)6(13,14)23-9(19,20)10(21,22)24-8(17,18)7(15,16)5(3,11)12;1-4(2)5(8,9)15-7(12,13)6(10,11)14-3/h4H,1-3H3;4H,1-3H3;4H,1-3H3. The zero-order chi connectivity index (χ0) is 58.2. The van der Waals surface area contributed by atoms with Gasteiger partial charge in [-0.25, -0.2) is 28.4 Å². The minimum Gasteiger partial charge on any atom is -0.317 e. The number of hydrogen-bond donors (Lipinski definition) is 0. The van der Waals surface area contributed by atoms with E-state index in [0.717, 1.165) is 13.8 Å². The normalized spacial score (nSPS) is 15.9. The summed E-state index contributed by atoms with van der Waals surface area (Å²) in [5, 5.41) is 0. The Hall–Kier alpha value is -2.66. The first-order valence-electron chi connectivity index (χ1n) is 16.8. The molecule has 0 fully saturated rings. The minimum absolute atomic E-state index is 0.255. The Morgan fingerprint density at radius 1 is 0.229 bits per heavy atom. The molecule has 0 saturated carbocycles. The van der Waals surface area contributed by atoms with E-state index < -0.39 is 135 Å². The van der Waals surface area contributed by atoms with E-state index in [1.54, 1.807) is 14.2 Å². The second kappa shape index (κ2) is 21.3. The largest absolute Gasteiger partial charge is 0.453 e. The van der Waals surface area contributed by atoms with Crippen LogP contribution in [0.1, 0.15) is 55.4 Å². The molecule has 0 aromatic heterocycles. The van der Waals surface area contributed by atoms with Gasteiger partial charge >= 0.3 is 103 Å². The molecule has 0 heterocycles. The third kappa shape index (κ3) is 16.9. The van der Waals surface area contributed by atoms with E-state index in [2.05, 4.69) is 18.9 Å². The second-order valence-electron chi connectivity index (χ2n) is 14.1. The topological polar surface area (TPSA) is 64.6 Å². The van der Waals surface area contributed by atoms with E-state index in [1.807, 2.05) is 0 Å². The second-order valence-corrected chi connectivity index (χ2v) is 14.1. The molecule has 70 heavy (non-hydrogen) atoms. The number of rotatable bonds is 24. The van der Waals surface area contributed by atoms with E-state index in [4.69, 9.17) is 0 Å². The van der Waals surface area contributed by atoms with Gasteiger partial charge in [0.1, 0.15) is 0 Å². The van der Waals surface area contributed by atoms with Gasteiger partial charge in [-0.15, -0.1) is 0 Å².